The van der Waals surface area contributed by atoms with Gasteiger partial charge in [-0.2, -0.15) is 0 Å². The van der Waals surface area contributed by atoms with E-state index >= 15 is 0 Å². The number of nitrogens with zero attached hydrogens (tertiary/aromatic N) is 1. The van der Waals surface area contributed by atoms with Crippen LogP contribution in [0.4, 0.5) is 0 Å². The van der Waals surface area contributed by atoms with Crippen molar-refractivity contribution in [3.63, 3.8) is 0 Å². The Morgan fingerprint density at radius 3 is 2.45 bits per heavy atom. The molecule has 33 heavy (non-hydrogen) atoms. The van der Waals surface area contributed by atoms with Crippen molar-refractivity contribution in [1.29, 1.82) is 0 Å². The van der Waals surface area contributed by atoms with Gasteiger partial charge in [0.05, 0.1) is 38.1 Å². The van der Waals surface area contributed by atoms with E-state index in [0.29, 0.717) is 54.8 Å². The molecule has 1 unspecified atom stereocenters. The van der Waals surface area contributed by atoms with Gasteiger partial charge in [0.1, 0.15) is 12.4 Å². The molecule has 1 aliphatic heterocycles. The largest absolute Gasteiger partial charge is 0.489 e. The lowest BCUT2D eigenvalue weighted by molar-refractivity contribution is 0.208. The van der Waals surface area contributed by atoms with Crippen molar-refractivity contribution in [1.82, 2.24) is 4.31 Å². The first-order valence-corrected chi connectivity index (χ1v) is 14.4. The number of nitrogens with two attached hydrogens (primary N) is 1. The molecule has 11 heteroatoms. The molecular weight excluding hydrogens is 507 g/mol. The summed E-state index contributed by atoms with van der Waals surface area (Å²) in [6.07, 6.45) is 3.44. The van der Waals surface area contributed by atoms with Gasteiger partial charge in [0.15, 0.2) is 0 Å². The Bertz CT molecular complexity index is 948. The predicted octanol–water partition coefficient (Wildman–Crippen LogP) is 4.12. The predicted molar refractivity (Wildman–Crippen MR) is 136 cm³/mol. The van der Waals surface area contributed by atoms with E-state index in [9.17, 15) is 12.6 Å². The molecule has 188 valence electrons. The highest BCUT2D eigenvalue weighted by Crippen LogP contribution is 2.45. The van der Waals surface area contributed by atoms with E-state index in [2.05, 4.69) is 6.58 Å². The molecule has 0 saturated carbocycles. The van der Waals surface area contributed by atoms with Crippen LogP contribution in [-0.2, 0) is 25.7 Å². The Hall–Kier alpha value is -0.680. The van der Waals surface area contributed by atoms with Gasteiger partial charge in [-0.3, -0.25) is 5.14 Å². The fourth-order valence-corrected chi connectivity index (χ4v) is 6.20. The summed E-state index contributed by atoms with van der Waals surface area (Å²) in [6, 6.07) is 3.48. The first-order chi connectivity index (χ1) is 15.4. The van der Waals surface area contributed by atoms with Crippen molar-refractivity contribution < 1.29 is 22.1 Å². The number of methoxy groups -OCH3 is 1. The standard InChI is InChI=1S/C22H34Cl2N2O5S2/c1-5-10-31-21-14-20(24)19(23)13-17(21)18(15-22(2,3)32(25)27)16-6-8-26(9-7-16)33(28,29)12-11-30-4/h5,13-14,16,18H,1,6-12,15,25H2,2-4H3/t18-,32?/m1/s1. The number of rotatable bonds is 12. The summed E-state index contributed by atoms with van der Waals surface area (Å²) in [7, 11) is -3.45. The molecule has 1 heterocycles. The molecule has 1 aliphatic rings. The number of sulfonamides is 1. The van der Waals surface area contributed by atoms with Crippen LogP contribution in [0.2, 0.25) is 10.0 Å². The van der Waals surface area contributed by atoms with E-state index in [-0.39, 0.29) is 24.2 Å². The second-order valence-electron chi connectivity index (χ2n) is 8.82. The van der Waals surface area contributed by atoms with Crippen molar-refractivity contribution in [2.75, 3.05) is 39.2 Å². The van der Waals surface area contributed by atoms with Crippen molar-refractivity contribution in [2.45, 2.75) is 43.8 Å². The lowest BCUT2D eigenvalue weighted by atomic mass is 9.75. The normalized spacial score (nSPS) is 18.1. The summed E-state index contributed by atoms with van der Waals surface area (Å²) < 4.78 is 49.1. The first kappa shape index (κ1) is 28.6. The van der Waals surface area contributed by atoms with Gasteiger partial charge < -0.3 is 9.47 Å². The fourth-order valence-electron chi connectivity index (χ4n) is 4.12. The summed E-state index contributed by atoms with van der Waals surface area (Å²) >= 11 is 12.6. The summed E-state index contributed by atoms with van der Waals surface area (Å²) in [6.45, 7) is 8.70. The second kappa shape index (κ2) is 12.3. The first-order valence-electron chi connectivity index (χ1n) is 10.8. The molecule has 0 aromatic heterocycles. The van der Waals surface area contributed by atoms with Crippen LogP contribution >= 0.6 is 23.2 Å². The Kier molecular flexibility index (Phi) is 10.7. The molecule has 0 radical (unpaired) electrons. The summed E-state index contributed by atoms with van der Waals surface area (Å²) in [5.41, 5.74) is 0.852. The molecule has 1 saturated heterocycles. The Morgan fingerprint density at radius 2 is 1.91 bits per heavy atom. The quantitative estimate of drug-likeness (QED) is 0.402. The van der Waals surface area contributed by atoms with E-state index in [1.165, 1.54) is 11.4 Å². The van der Waals surface area contributed by atoms with Crippen LogP contribution < -0.4 is 9.88 Å². The molecule has 2 atom stereocenters. The van der Waals surface area contributed by atoms with Crippen LogP contribution in [0.25, 0.3) is 0 Å². The zero-order valence-electron chi connectivity index (χ0n) is 19.4. The van der Waals surface area contributed by atoms with E-state index in [0.717, 1.165) is 5.56 Å². The van der Waals surface area contributed by atoms with E-state index in [1.54, 1.807) is 18.2 Å². The van der Waals surface area contributed by atoms with Crippen LogP contribution in [0.5, 0.6) is 5.75 Å². The minimum absolute atomic E-state index is 0.0386. The van der Waals surface area contributed by atoms with Crippen LogP contribution in [0, 0.1) is 5.92 Å². The molecule has 7 nitrogen and oxygen atoms in total. The number of hydrogen-bond donors (Lipinski definition) is 1. The maximum atomic E-state index is 12.6. The minimum Gasteiger partial charge on any atom is -0.489 e. The number of halogens is 2. The van der Waals surface area contributed by atoms with Gasteiger partial charge in [-0.15, -0.1) is 0 Å². The third-order valence-electron chi connectivity index (χ3n) is 6.07. The van der Waals surface area contributed by atoms with Gasteiger partial charge in [0, 0.05) is 26.3 Å². The van der Waals surface area contributed by atoms with Crippen LogP contribution in [0.15, 0.2) is 24.8 Å². The lowest BCUT2D eigenvalue weighted by Crippen LogP contribution is -2.43. The second-order valence-corrected chi connectivity index (χ2v) is 13.4. The van der Waals surface area contributed by atoms with E-state index < -0.39 is 25.8 Å². The molecule has 1 fully saturated rings. The SMILES string of the molecule is C=CCOc1cc(Cl)c(Cl)cc1[C@H](CC(C)(C)S(N)=O)C1CCN(S(=O)(=O)CCOC)CC1. The van der Waals surface area contributed by atoms with Crippen molar-refractivity contribution >= 4 is 44.2 Å². The number of hydrogen-bond acceptors (Lipinski definition) is 5. The summed E-state index contributed by atoms with van der Waals surface area (Å²) in [5, 5.41) is 6.58. The van der Waals surface area contributed by atoms with E-state index in [4.69, 9.17) is 37.8 Å². The molecule has 0 amide bonds. The zero-order chi connectivity index (χ0) is 24.8. The van der Waals surface area contributed by atoms with Gasteiger partial charge in [-0.05, 0) is 56.6 Å². The number of ether oxygens (including phenoxy) is 2. The van der Waals surface area contributed by atoms with Crippen molar-refractivity contribution in [3.05, 3.63) is 40.4 Å². The van der Waals surface area contributed by atoms with Crippen molar-refractivity contribution in [3.8, 4) is 5.75 Å². The van der Waals surface area contributed by atoms with Crippen LogP contribution in [-0.4, -0.2) is 60.8 Å². The van der Waals surface area contributed by atoms with Gasteiger partial charge in [0.25, 0.3) is 0 Å². The highest BCUT2D eigenvalue weighted by atomic mass is 35.5. The topological polar surface area (TPSA) is 98.9 Å². The minimum atomic E-state index is -3.37. The molecule has 2 N–H and O–H groups in total. The van der Waals surface area contributed by atoms with Gasteiger partial charge in [-0.25, -0.2) is 16.9 Å². The van der Waals surface area contributed by atoms with Gasteiger partial charge in [0.2, 0.25) is 10.0 Å². The molecule has 2 rings (SSSR count). The van der Waals surface area contributed by atoms with Crippen LogP contribution in [0.3, 0.4) is 0 Å². The number of piperidine rings is 1. The van der Waals surface area contributed by atoms with Gasteiger partial charge in [-0.1, -0.05) is 35.9 Å². The molecule has 1 aromatic carbocycles. The highest BCUT2D eigenvalue weighted by molar-refractivity contribution is 7.89. The average molecular weight is 542 g/mol. The Labute approximate surface area is 210 Å². The highest BCUT2D eigenvalue weighted by Gasteiger charge is 2.38. The molecule has 0 aliphatic carbocycles. The Balaban J connectivity index is 2.38. The molecule has 0 spiro atoms. The summed E-state index contributed by atoms with van der Waals surface area (Å²) in [4.78, 5) is 0. The summed E-state index contributed by atoms with van der Waals surface area (Å²) in [5.74, 6) is 0.558. The number of benzene rings is 1. The van der Waals surface area contributed by atoms with Crippen molar-refractivity contribution in [2.24, 2.45) is 11.1 Å². The molecular formula is C22H34Cl2N2O5S2. The zero-order valence-corrected chi connectivity index (χ0v) is 22.5. The third-order valence-corrected chi connectivity index (χ3v) is 9.88. The van der Waals surface area contributed by atoms with E-state index in [1.807, 2.05) is 13.8 Å². The fraction of sp³-hybridized carbons (Fsp3) is 0.636. The molecule has 0 bridgehead atoms. The maximum Gasteiger partial charge on any atom is 0.216 e. The maximum absolute atomic E-state index is 12.6. The third kappa shape index (κ3) is 7.65. The van der Waals surface area contributed by atoms with Crippen LogP contribution in [0.1, 0.15) is 44.6 Å². The average Bonchev–Trinajstić information content (AvgIpc) is 2.76. The molecule has 1 aromatic rings. The van der Waals surface area contributed by atoms with Gasteiger partial charge >= 0.3 is 0 Å². The Morgan fingerprint density at radius 1 is 1.30 bits per heavy atom. The lowest BCUT2D eigenvalue weighted by Gasteiger charge is -2.39. The monoisotopic (exact) mass is 540 g/mol. The smallest absolute Gasteiger partial charge is 0.216 e.